The van der Waals surface area contributed by atoms with Gasteiger partial charge in [-0.05, 0) is 57.2 Å². The van der Waals surface area contributed by atoms with Gasteiger partial charge in [-0.2, -0.15) is 0 Å². The first-order valence-corrected chi connectivity index (χ1v) is 5.06. The fourth-order valence-corrected chi connectivity index (χ4v) is 1.53. The van der Waals surface area contributed by atoms with Gasteiger partial charge in [-0.15, -0.1) is 0 Å². The molecule has 14 heavy (non-hydrogen) atoms. The molecule has 0 bridgehead atoms. The fourth-order valence-electron chi connectivity index (χ4n) is 1.32. The lowest BCUT2D eigenvalue weighted by Crippen LogP contribution is -2.13. The Bertz CT molecular complexity index is 299. The highest BCUT2D eigenvalue weighted by Gasteiger charge is 2.02. The Hall–Kier alpha value is -0.600. The van der Waals surface area contributed by atoms with E-state index in [1.54, 1.807) is 6.07 Å². The lowest BCUT2D eigenvalue weighted by atomic mass is 10.1. The molecule has 0 atom stereocenters. The molecule has 78 valence electrons. The van der Waals surface area contributed by atoms with Crippen LogP contribution in [0, 0.1) is 5.82 Å². The molecule has 1 nitrogen and oxygen atoms in total. The van der Waals surface area contributed by atoms with Crippen molar-refractivity contribution in [1.29, 1.82) is 0 Å². The molecule has 0 aliphatic carbocycles. The van der Waals surface area contributed by atoms with Crippen LogP contribution in [0.5, 0.6) is 0 Å². The summed E-state index contributed by atoms with van der Waals surface area (Å²) in [5.74, 6) is -0.214. The first-order valence-electron chi connectivity index (χ1n) is 4.68. The summed E-state index contributed by atoms with van der Waals surface area (Å²) in [5.41, 5.74) is 0.897. The standard InChI is InChI=1S/C11H15ClFN/c1-14(2)7-3-4-9-8-10(13)5-6-11(9)12/h5-6,8H,3-4,7H2,1-2H3. The van der Waals surface area contributed by atoms with Crippen LogP contribution in [0.25, 0.3) is 0 Å². The number of rotatable bonds is 4. The summed E-state index contributed by atoms with van der Waals surface area (Å²) in [7, 11) is 4.04. The van der Waals surface area contributed by atoms with Crippen LogP contribution in [0.3, 0.4) is 0 Å². The van der Waals surface area contributed by atoms with Gasteiger partial charge in [0.15, 0.2) is 0 Å². The zero-order valence-corrected chi connectivity index (χ0v) is 9.31. The molecular weight excluding hydrogens is 201 g/mol. The first-order chi connectivity index (χ1) is 6.59. The largest absolute Gasteiger partial charge is 0.309 e. The summed E-state index contributed by atoms with van der Waals surface area (Å²) in [4.78, 5) is 2.10. The van der Waals surface area contributed by atoms with E-state index >= 15 is 0 Å². The summed E-state index contributed by atoms with van der Waals surface area (Å²) in [5, 5.41) is 0.658. The molecule has 0 saturated heterocycles. The zero-order valence-electron chi connectivity index (χ0n) is 8.56. The minimum absolute atomic E-state index is 0.214. The van der Waals surface area contributed by atoms with E-state index in [1.165, 1.54) is 12.1 Å². The predicted octanol–water partition coefficient (Wildman–Crippen LogP) is 2.97. The Morgan fingerprint density at radius 3 is 2.71 bits per heavy atom. The van der Waals surface area contributed by atoms with Gasteiger partial charge in [0.1, 0.15) is 5.82 Å². The minimum Gasteiger partial charge on any atom is -0.309 e. The lowest BCUT2D eigenvalue weighted by Gasteiger charge is -2.09. The van der Waals surface area contributed by atoms with Crippen LogP contribution in [0.2, 0.25) is 5.02 Å². The molecule has 0 heterocycles. The summed E-state index contributed by atoms with van der Waals surface area (Å²) in [6, 6.07) is 4.51. The van der Waals surface area contributed by atoms with Crippen molar-refractivity contribution >= 4 is 11.6 Å². The SMILES string of the molecule is CN(C)CCCc1cc(F)ccc1Cl. The van der Waals surface area contributed by atoms with Crippen molar-refractivity contribution in [3.05, 3.63) is 34.6 Å². The Morgan fingerprint density at radius 2 is 2.07 bits per heavy atom. The lowest BCUT2D eigenvalue weighted by molar-refractivity contribution is 0.400. The van der Waals surface area contributed by atoms with E-state index in [1.807, 2.05) is 14.1 Å². The van der Waals surface area contributed by atoms with E-state index in [4.69, 9.17) is 11.6 Å². The number of nitrogens with zero attached hydrogens (tertiary/aromatic N) is 1. The molecular formula is C11H15ClFN. The van der Waals surface area contributed by atoms with Gasteiger partial charge < -0.3 is 4.90 Å². The van der Waals surface area contributed by atoms with Gasteiger partial charge in [0.25, 0.3) is 0 Å². The zero-order chi connectivity index (χ0) is 10.6. The van der Waals surface area contributed by atoms with Gasteiger partial charge in [0.05, 0.1) is 0 Å². The van der Waals surface area contributed by atoms with Gasteiger partial charge >= 0.3 is 0 Å². The molecule has 1 rings (SSSR count). The average Bonchev–Trinajstić information content (AvgIpc) is 2.10. The highest BCUT2D eigenvalue weighted by Crippen LogP contribution is 2.18. The second kappa shape index (κ2) is 5.32. The third-order valence-corrected chi connectivity index (χ3v) is 2.43. The second-order valence-corrected chi connectivity index (χ2v) is 4.05. The van der Waals surface area contributed by atoms with Crippen molar-refractivity contribution < 1.29 is 4.39 Å². The third kappa shape index (κ3) is 3.64. The number of halogens is 2. The van der Waals surface area contributed by atoms with Crippen molar-refractivity contribution in [2.45, 2.75) is 12.8 Å². The summed E-state index contributed by atoms with van der Waals surface area (Å²) < 4.78 is 12.9. The molecule has 0 N–H and O–H groups in total. The first kappa shape index (κ1) is 11.5. The Kier molecular flexibility index (Phi) is 4.36. The van der Waals surface area contributed by atoms with E-state index in [2.05, 4.69) is 4.90 Å². The van der Waals surface area contributed by atoms with E-state index < -0.39 is 0 Å². The molecule has 0 unspecified atom stereocenters. The van der Waals surface area contributed by atoms with Gasteiger partial charge in [-0.25, -0.2) is 4.39 Å². The smallest absolute Gasteiger partial charge is 0.123 e. The topological polar surface area (TPSA) is 3.24 Å². The molecule has 1 aromatic carbocycles. The quantitative estimate of drug-likeness (QED) is 0.747. The Balaban J connectivity index is 2.53. The molecule has 0 aliphatic heterocycles. The molecule has 1 aromatic rings. The van der Waals surface area contributed by atoms with E-state index in [0.717, 1.165) is 24.9 Å². The molecule has 0 amide bonds. The average molecular weight is 216 g/mol. The molecule has 3 heteroatoms. The summed E-state index contributed by atoms with van der Waals surface area (Å²) >= 11 is 5.93. The van der Waals surface area contributed by atoms with Gasteiger partial charge in [-0.1, -0.05) is 11.6 Å². The van der Waals surface area contributed by atoms with Crippen molar-refractivity contribution in [2.75, 3.05) is 20.6 Å². The van der Waals surface area contributed by atoms with Crippen molar-refractivity contribution in [2.24, 2.45) is 0 Å². The van der Waals surface area contributed by atoms with E-state index in [-0.39, 0.29) is 5.82 Å². The second-order valence-electron chi connectivity index (χ2n) is 3.64. The molecule has 0 fully saturated rings. The van der Waals surface area contributed by atoms with Crippen LogP contribution in [0.1, 0.15) is 12.0 Å². The van der Waals surface area contributed by atoms with Crippen molar-refractivity contribution in [1.82, 2.24) is 4.90 Å². The summed E-state index contributed by atoms with van der Waals surface area (Å²) in [6.07, 6.45) is 1.82. The molecule has 0 spiro atoms. The fraction of sp³-hybridized carbons (Fsp3) is 0.455. The number of aryl methyl sites for hydroxylation is 1. The maximum absolute atomic E-state index is 12.9. The monoisotopic (exact) mass is 215 g/mol. The summed E-state index contributed by atoms with van der Waals surface area (Å²) in [6.45, 7) is 0.993. The molecule has 0 saturated carbocycles. The van der Waals surface area contributed by atoms with Crippen LogP contribution in [0.15, 0.2) is 18.2 Å². The Labute approximate surface area is 89.5 Å². The highest BCUT2D eigenvalue weighted by atomic mass is 35.5. The Morgan fingerprint density at radius 1 is 1.36 bits per heavy atom. The van der Waals surface area contributed by atoms with Crippen LogP contribution < -0.4 is 0 Å². The predicted molar refractivity (Wildman–Crippen MR) is 58.3 cm³/mol. The molecule has 0 aromatic heterocycles. The van der Waals surface area contributed by atoms with Gasteiger partial charge in [0, 0.05) is 5.02 Å². The molecule has 0 radical (unpaired) electrons. The maximum atomic E-state index is 12.9. The number of hydrogen-bond acceptors (Lipinski definition) is 1. The van der Waals surface area contributed by atoms with Crippen LogP contribution >= 0.6 is 11.6 Å². The van der Waals surface area contributed by atoms with E-state index in [0.29, 0.717) is 5.02 Å². The minimum atomic E-state index is -0.214. The van der Waals surface area contributed by atoms with Gasteiger partial charge in [0.2, 0.25) is 0 Å². The van der Waals surface area contributed by atoms with Crippen molar-refractivity contribution in [3.8, 4) is 0 Å². The van der Waals surface area contributed by atoms with Crippen LogP contribution in [0.4, 0.5) is 4.39 Å². The van der Waals surface area contributed by atoms with Crippen LogP contribution in [-0.2, 0) is 6.42 Å². The number of benzene rings is 1. The molecule has 0 aliphatic rings. The van der Waals surface area contributed by atoms with Gasteiger partial charge in [-0.3, -0.25) is 0 Å². The van der Waals surface area contributed by atoms with E-state index in [9.17, 15) is 4.39 Å². The normalized spacial score (nSPS) is 10.9. The maximum Gasteiger partial charge on any atom is 0.123 e. The highest BCUT2D eigenvalue weighted by molar-refractivity contribution is 6.31. The third-order valence-electron chi connectivity index (χ3n) is 2.06. The van der Waals surface area contributed by atoms with Crippen molar-refractivity contribution in [3.63, 3.8) is 0 Å². The van der Waals surface area contributed by atoms with Crippen LogP contribution in [-0.4, -0.2) is 25.5 Å². The number of hydrogen-bond donors (Lipinski definition) is 0.